The van der Waals surface area contributed by atoms with Gasteiger partial charge in [-0.25, -0.2) is 0 Å². The van der Waals surface area contributed by atoms with Crippen molar-refractivity contribution in [1.29, 1.82) is 0 Å². The topological polar surface area (TPSA) is 32.3 Å². The Balaban J connectivity index is 2.66. The van der Waals surface area contributed by atoms with Crippen LogP contribution in [0.4, 0.5) is 0 Å². The van der Waals surface area contributed by atoms with Crippen molar-refractivity contribution in [2.24, 2.45) is 0 Å². The Labute approximate surface area is 81.2 Å². The zero-order valence-corrected chi connectivity index (χ0v) is 8.45. The third kappa shape index (κ3) is 2.45. The molecule has 68 valence electrons. The van der Waals surface area contributed by atoms with E-state index >= 15 is 0 Å². The van der Waals surface area contributed by atoms with E-state index < -0.39 is 0 Å². The maximum Gasteiger partial charge on any atom is 0.0931 e. The van der Waals surface area contributed by atoms with Gasteiger partial charge in [0.05, 0.1) is 4.34 Å². The largest absolute Gasteiger partial charge is 0.396 e. The predicted molar refractivity (Wildman–Crippen MR) is 52.8 cm³/mol. The molecule has 0 aromatic carbocycles. The van der Waals surface area contributed by atoms with Gasteiger partial charge in [0, 0.05) is 12.6 Å². The van der Waals surface area contributed by atoms with Crippen molar-refractivity contribution in [2.75, 3.05) is 13.7 Å². The number of aliphatic hydroxyl groups is 1. The van der Waals surface area contributed by atoms with Gasteiger partial charge in [-0.05, 0) is 30.5 Å². The highest BCUT2D eigenvalue weighted by Crippen LogP contribution is 2.26. The van der Waals surface area contributed by atoms with Gasteiger partial charge < -0.3 is 10.4 Å². The molecule has 1 aromatic rings. The Morgan fingerprint density at radius 3 is 2.92 bits per heavy atom. The Bertz CT molecular complexity index is 239. The molecule has 0 amide bonds. The number of thiophene rings is 1. The summed E-state index contributed by atoms with van der Waals surface area (Å²) in [5.41, 5.74) is 1.15. The molecule has 2 N–H and O–H groups in total. The molecule has 1 atom stereocenters. The van der Waals surface area contributed by atoms with Crippen molar-refractivity contribution in [1.82, 2.24) is 5.32 Å². The van der Waals surface area contributed by atoms with Crippen LogP contribution in [0.3, 0.4) is 0 Å². The molecule has 1 rings (SSSR count). The van der Waals surface area contributed by atoms with Gasteiger partial charge >= 0.3 is 0 Å². The summed E-state index contributed by atoms with van der Waals surface area (Å²) in [5.74, 6) is 0. The Morgan fingerprint density at radius 1 is 1.75 bits per heavy atom. The number of aliphatic hydroxyl groups excluding tert-OH is 1. The van der Waals surface area contributed by atoms with Crippen molar-refractivity contribution < 1.29 is 5.11 Å². The van der Waals surface area contributed by atoms with Crippen LogP contribution in [0.15, 0.2) is 11.4 Å². The van der Waals surface area contributed by atoms with Gasteiger partial charge in [0.2, 0.25) is 0 Å². The summed E-state index contributed by atoms with van der Waals surface area (Å²) in [5, 5.41) is 13.9. The SMILES string of the molecule is CNC(CCO)c1csc(Cl)c1. The van der Waals surface area contributed by atoms with Crippen LogP contribution in [0.5, 0.6) is 0 Å². The second kappa shape index (κ2) is 4.82. The lowest BCUT2D eigenvalue weighted by Gasteiger charge is -2.12. The summed E-state index contributed by atoms with van der Waals surface area (Å²) in [6, 6.07) is 2.15. The quantitative estimate of drug-likeness (QED) is 0.789. The minimum atomic E-state index is 0.193. The smallest absolute Gasteiger partial charge is 0.0931 e. The van der Waals surface area contributed by atoms with E-state index in [1.54, 1.807) is 0 Å². The first-order chi connectivity index (χ1) is 5.77. The lowest BCUT2D eigenvalue weighted by molar-refractivity contribution is 0.269. The average molecular weight is 206 g/mol. The number of halogens is 1. The van der Waals surface area contributed by atoms with E-state index in [9.17, 15) is 0 Å². The van der Waals surface area contributed by atoms with Gasteiger partial charge in [-0.3, -0.25) is 0 Å². The molecule has 1 aromatic heterocycles. The molecule has 0 spiro atoms. The molecule has 1 unspecified atom stereocenters. The molecule has 0 aliphatic rings. The molecular weight excluding hydrogens is 194 g/mol. The van der Waals surface area contributed by atoms with E-state index in [1.807, 2.05) is 18.5 Å². The summed E-state index contributed by atoms with van der Waals surface area (Å²) in [6.07, 6.45) is 0.726. The minimum Gasteiger partial charge on any atom is -0.396 e. The Kier molecular flexibility index (Phi) is 4.01. The normalized spacial score (nSPS) is 13.2. The van der Waals surface area contributed by atoms with E-state index in [0.717, 1.165) is 16.3 Å². The monoisotopic (exact) mass is 205 g/mol. The molecular formula is C8H12ClNOS. The fraction of sp³-hybridized carbons (Fsp3) is 0.500. The maximum atomic E-state index is 8.77. The highest BCUT2D eigenvalue weighted by molar-refractivity contribution is 7.14. The zero-order chi connectivity index (χ0) is 8.97. The van der Waals surface area contributed by atoms with Crippen LogP contribution in [0.2, 0.25) is 4.34 Å². The van der Waals surface area contributed by atoms with Crippen molar-refractivity contribution >= 4 is 22.9 Å². The number of hydrogen-bond acceptors (Lipinski definition) is 3. The lowest BCUT2D eigenvalue weighted by atomic mass is 10.1. The number of rotatable bonds is 4. The molecule has 0 aliphatic heterocycles. The van der Waals surface area contributed by atoms with Crippen molar-refractivity contribution in [2.45, 2.75) is 12.5 Å². The summed E-state index contributed by atoms with van der Waals surface area (Å²) < 4.78 is 0.795. The third-order valence-corrected chi connectivity index (χ3v) is 2.87. The molecule has 4 heteroatoms. The first-order valence-electron chi connectivity index (χ1n) is 3.80. The van der Waals surface area contributed by atoms with E-state index in [2.05, 4.69) is 5.32 Å². The van der Waals surface area contributed by atoms with Gasteiger partial charge in [-0.15, -0.1) is 11.3 Å². The first kappa shape index (κ1) is 9.99. The minimum absolute atomic E-state index is 0.193. The zero-order valence-electron chi connectivity index (χ0n) is 6.88. The standard InChI is InChI=1S/C8H12ClNOS/c1-10-7(2-3-11)6-4-8(9)12-5-6/h4-5,7,10-11H,2-3H2,1H3. The molecule has 0 fully saturated rings. The van der Waals surface area contributed by atoms with Crippen LogP contribution in [0.1, 0.15) is 18.0 Å². The van der Waals surface area contributed by atoms with Crippen LogP contribution >= 0.6 is 22.9 Å². The fourth-order valence-corrected chi connectivity index (χ4v) is 2.06. The fourth-order valence-electron chi connectivity index (χ4n) is 1.11. The van der Waals surface area contributed by atoms with Gasteiger partial charge in [0.15, 0.2) is 0 Å². The van der Waals surface area contributed by atoms with Gasteiger partial charge in [-0.1, -0.05) is 11.6 Å². The number of nitrogens with one attached hydrogen (secondary N) is 1. The summed E-state index contributed by atoms with van der Waals surface area (Å²) in [7, 11) is 1.88. The van der Waals surface area contributed by atoms with E-state index in [4.69, 9.17) is 16.7 Å². The summed E-state index contributed by atoms with van der Waals surface area (Å²) >= 11 is 7.31. The van der Waals surface area contributed by atoms with E-state index in [0.29, 0.717) is 0 Å². The molecule has 0 radical (unpaired) electrons. The van der Waals surface area contributed by atoms with E-state index in [-0.39, 0.29) is 12.6 Å². The van der Waals surface area contributed by atoms with Gasteiger partial charge in [0.1, 0.15) is 0 Å². The second-order valence-electron chi connectivity index (χ2n) is 2.54. The molecule has 0 bridgehead atoms. The molecule has 12 heavy (non-hydrogen) atoms. The highest BCUT2D eigenvalue weighted by Gasteiger charge is 2.09. The first-order valence-corrected chi connectivity index (χ1v) is 5.05. The predicted octanol–water partition coefficient (Wildman–Crippen LogP) is 2.04. The van der Waals surface area contributed by atoms with Crippen LogP contribution in [-0.2, 0) is 0 Å². The highest BCUT2D eigenvalue weighted by atomic mass is 35.5. The third-order valence-electron chi connectivity index (χ3n) is 1.76. The van der Waals surface area contributed by atoms with Crippen LogP contribution in [-0.4, -0.2) is 18.8 Å². The van der Waals surface area contributed by atoms with Gasteiger partial charge in [0.25, 0.3) is 0 Å². The van der Waals surface area contributed by atoms with Crippen molar-refractivity contribution in [3.8, 4) is 0 Å². The Morgan fingerprint density at radius 2 is 2.50 bits per heavy atom. The van der Waals surface area contributed by atoms with Gasteiger partial charge in [-0.2, -0.15) is 0 Å². The average Bonchev–Trinajstić information content (AvgIpc) is 2.47. The molecule has 0 aliphatic carbocycles. The second-order valence-corrected chi connectivity index (χ2v) is 4.08. The van der Waals surface area contributed by atoms with Crippen LogP contribution in [0.25, 0.3) is 0 Å². The Hall–Kier alpha value is -0.0900. The maximum absolute atomic E-state index is 8.77. The lowest BCUT2D eigenvalue weighted by Crippen LogP contribution is -2.16. The molecule has 1 heterocycles. The van der Waals surface area contributed by atoms with Crippen molar-refractivity contribution in [3.63, 3.8) is 0 Å². The van der Waals surface area contributed by atoms with Crippen molar-refractivity contribution in [3.05, 3.63) is 21.3 Å². The molecule has 2 nitrogen and oxygen atoms in total. The van der Waals surface area contributed by atoms with E-state index in [1.165, 1.54) is 11.3 Å². The number of hydrogen-bond donors (Lipinski definition) is 2. The van der Waals surface area contributed by atoms with Crippen LogP contribution < -0.4 is 5.32 Å². The summed E-state index contributed by atoms with van der Waals surface area (Å²) in [6.45, 7) is 0.193. The summed E-state index contributed by atoms with van der Waals surface area (Å²) in [4.78, 5) is 0. The molecule has 0 saturated carbocycles. The van der Waals surface area contributed by atoms with Crippen LogP contribution in [0, 0.1) is 0 Å². The molecule has 0 saturated heterocycles.